The van der Waals surface area contributed by atoms with Crippen LogP contribution >= 0.6 is 0 Å². The van der Waals surface area contributed by atoms with Gasteiger partial charge in [-0.2, -0.15) is 0 Å². The van der Waals surface area contributed by atoms with Gasteiger partial charge in [0.25, 0.3) is 5.69 Å². The van der Waals surface area contributed by atoms with E-state index in [2.05, 4.69) is 5.16 Å². The average Bonchev–Trinajstić information content (AvgIpc) is 2.35. The molecule has 0 radical (unpaired) electrons. The smallest absolute Gasteiger partial charge is 0.270 e. The average molecular weight is 238 g/mol. The number of anilines is 1. The zero-order valence-corrected chi connectivity index (χ0v) is 9.62. The van der Waals surface area contributed by atoms with Crippen molar-refractivity contribution in [1.82, 2.24) is 0 Å². The highest BCUT2D eigenvalue weighted by Crippen LogP contribution is 2.24. The van der Waals surface area contributed by atoms with Gasteiger partial charge < -0.3 is 15.8 Å². The molecule has 0 saturated heterocycles. The summed E-state index contributed by atoms with van der Waals surface area (Å²) in [6.45, 7) is 2.63. The van der Waals surface area contributed by atoms with Gasteiger partial charge in [-0.1, -0.05) is 5.16 Å². The third-order valence-electron chi connectivity index (χ3n) is 2.46. The molecule has 0 saturated carbocycles. The molecule has 1 aromatic rings. The van der Waals surface area contributed by atoms with Gasteiger partial charge in [0.05, 0.1) is 10.5 Å². The lowest BCUT2D eigenvalue weighted by Gasteiger charge is -2.19. The number of hydrogen-bond donors (Lipinski definition) is 2. The summed E-state index contributed by atoms with van der Waals surface area (Å²) >= 11 is 0. The molecular formula is C10H14N4O3. The first-order valence-corrected chi connectivity index (χ1v) is 4.98. The van der Waals surface area contributed by atoms with Crippen molar-refractivity contribution in [1.29, 1.82) is 0 Å². The van der Waals surface area contributed by atoms with Gasteiger partial charge in [-0.25, -0.2) is 0 Å². The summed E-state index contributed by atoms with van der Waals surface area (Å²) in [4.78, 5) is 12.0. The molecule has 0 aliphatic carbocycles. The molecule has 0 atom stereocenters. The second kappa shape index (κ2) is 5.15. The Hall–Kier alpha value is -2.31. The Morgan fingerprint density at radius 2 is 2.29 bits per heavy atom. The van der Waals surface area contributed by atoms with Gasteiger partial charge in [-0.3, -0.25) is 10.1 Å². The highest BCUT2D eigenvalue weighted by molar-refractivity contribution is 6.02. The van der Waals surface area contributed by atoms with Crippen LogP contribution in [-0.2, 0) is 0 Å². The molecule has 0 aliphatic heterocycles. The van der Waals surface area contributed by atoms with Crippen molar-refractivity contribution < 1.29 is 10.1 Å². The van der Waals surface area contributed by atoms with Gasteiger partial charge >= 0.3 is 0 Å². The summed E-state index contributed by atoms with van der Waals surface area (Å²) in [6, 6.07) is 4.25. The first-order chi connectivity index (χ1) is 8.01. The largest absolute Gasteiger partial charge is 0.409 e. The Labute approximate surface area is 98.3 Å². The number of nitrogens with two attached hydrogens (primary N) is 1. The first-order valence-electron chi connectivity index (χ1n) is 4.98. The molecule has 0 aliphatic rings. The monoisotopic (exact) mass is 238 g/mol. The van der Waals surface area contributed by atoms with E-state index in [1.165, 1.54) is 12.1 Å². The maximum atomic E-state index is 10.7. The van der Waals surface area contributed by atoms with Crippen LogP contribution in [0.3, 0.4) is 0 Å². The van der Waals surface area contributed by atoms with E-state index in [0.717, 1.165) is 0 Å². The van der Waals surface area contributed by atoms with Crippen molar-refractivity contribution in [3.05, 3.63) is 33.9 Å². The molecule has 1 aromatic carbocycles. The van der Waals surface area contributed by atoms with Crippen LogP contribution in [0, 0.1) is 10.1 Å². The van der Waals surface area contributed by atoms with Crippen molar-refractivity contribution in [3.63, 3.8) is 0 Å². The van der Waals surface area contributed by atoms with E-state index in [-0.39, 0.29) is 11.5 Å². The summed E-state index contributed by atoms with van der Waals surface area (Å²) in [5.74, 6) is -0.149. The van der Waals surface area contributed by atoms with E-state index in [4.69, 9.17) is 10.9 Å². The summed E-state index contributed by atoms with van der Waals surface area (Å²) < 4.78 is 0. The zero-order chi connectivity index (χ0) is 13.0. The van der Waals surface area contributed by atoms with E-state index < -0.39 is 4.92 Å². The summed E-state index contributed by atoms with van der Waals surface area (Å²) in [7, 11) is 1.81. The van der Waals surface area contributed by atoms with Crippen molar-refractivity contribution in [3.8, 4) is 0 Å². The highest BCUT2D eigenvalue weighted by atomic mass is 16.6. The number of benzene rings is 1. The fourth-order valence-corrected chi connectivity index (χ4v) is 1.40. The standard InChI is InChI=1S/C10H14N4O3/c1-3-13(2)9-5-4-7(14(16)17)6-8(9)10(11)12-15/h4-6,15H,3H2,1-2H3,(H2,11,12). The fraction of sp³-hybridized carbons (Fsp3) is 0.300. The van der Waals surface area contributed by atoms with Crippen LogP contribution in [0.15, 0.2) is 23.4 Å². The zero-order valence-electron chi connectivity index (χ0n) is 9.62. The predicted molar refractivity (Wildman–Crippen MR) is 64.6 cm³/mol. The van der Waals surface area contributed by atoms with Gasteiger partial charge in [-0.15, -0.1) is 0 Å². The molecule has 92 valence electrons. The number of nitro groups is 1. The molecule has 0 unspecified atom stereocenters. The van der Waals surface area contributed by atoms with Crippen LogP contribution in [0.5, 0.6) is 0 Å². The molecule has 0 fully saturated rings. The van der Waals surface area contributed by atoms with Crippen LogP contribution < -0.4 is 10.6 Å². The molecule has 0 heterocycles. The minimum atomic E-state index is -0.524. The number of oxime groups is 1. The van der Waals surface area contributed by atoms with E-state index >= 15 is 0 Å². The number of non-ortho nitro benzene ring substituents is 1. The van der Waals surface area contributed by atoms with Crippen molar-refractivity contribution >= 4 is 17.2 Å². The van der Waals surface area contributed by atoms with Gasteiger partial charge in [0, 0.05) is 31.4 Å². The van der Waals surface area contributed by atoms with Crippen LogP contribution in [-0.4, -0.2) is 29.6 Å². The lowest BCUT2D eigenvalue weighted by atomic mass is 10.1. The van der Waals surface area contributed by atoms with Crippen LogP contribution in [0.25, 0.3) is 0 Å². The number of amidine groups is 1. The fourth-order valence-electron chi connectivity index (χ4n) is 1.40. The molecule has 0 spiro atoms. The third kappa shape index (κ3) is 2.63. The molecule has 0 amide bonds. The number of nitrogens with zero attached hydrogens (tertiary/aromatic N) is 3. The Balaban J connectivity index is 3.36. The molecule has 7 heteroatoms. The van der Waals surface area contributed by atoms with Crippen LogP contribution in [0.2, 0.25) is 0 Å². The van der Waals surface area contributed by atoms with Crippen molar-refractivity contribution in [2.45, 2.75) is 6.92 Å². The highest BCUT2D eigenvalue weighted by Gasteiger charge is 2.15. The van der Waals surface area contributed by atoms with Gasteiger partial charge in [-0.05, 0) is 13.0 Å². The Kier molecular flexibility index (Phi) is 3.86. The second-order valence-electron chi connectivity index (χ2n) is 3.46. The van der Waals surface area contributed by atoms with E-state index in [1.807, 2.05) is 18.9 Å². The topological polar surface area (TPSA) is 105 Å². The molecule has 3 N–H and O–H groups in total. The second-order valence-corrected chi connectivity index (χ2v) is 3.46. The van der Waals surface area contributed by atoms with Crippen molar-refractivity contribution in [2.24, 2.45) is 10.9 Å². The predicted octanol–water partition coefficient (Wildman–Crippen LogP) is 1.15. The molecule has 0 aromatic heterocycles. The van der Waals surface area contributed by atoms with Crippen LogP contribution in [0.1, 0.15) is 12.5 Å². The minimum absolute atomic E-state index is 0.0974. The van der Waals surface area contributed by atoms with Crippen molar-refractivity contribution in [2.75, 3.05) is 18.5 Å². The number of rotatable bonds is 4. The van der Waals surface area contributed by atoms with Gasteiger partial charge in [0.15, 0.2) is 5.84 Å². The SMILES string of the molecule is CCN(C)c1ccc([N+](=O)[O-])cc1/C(N)=N/O. The first kappa shape index (κ1) is 12.8. The van der Waals surface area contributed by atoms with Gasteiger partial charge in [0.1, 0.15) is 0 Å². The number of nitro benzene ring substituents is 1. The summed E-state index contributed by atoms with van der Waals surface area (Å²) in [6.07, 6.45) is 0. The Morgan fingerprint density at radius 1 is 1.65 bits per heavy atom. The minimum Gasteiger partial charge on any atom is -0.409 e. The summed E-state index contributed by atoms with van der Waals surface area (Å²) in [5.41, 5.74) is 6.42. The normalized spacial score (nSPS) is 11.3. The molecule has 1 rings (SSSR count). The van der Waals surface area contributed by atoms with E-state index in [1.54, 1.807) is 6.07 Å². The Morgan fingerprint density at radius 3 is 2.76 bits per heavy atom. The lowest BCUT2D eigenvalue weighted by molar-refractivity contribution is -0.384. The van der Waals surface area contributed by atoms with Gasteiger partial charge in [0.2, 0.25) is 0 Å². The quantitative estimate of drug-likeness (QED) is 0.269. The maximum Gasteiger partial charge on any atom is 0.270 e. The molecule has 7 nitrogen and oxygen atoms in total. The van der Waals surface area contributed by atoms with E-state index in [9.17, 15) is 10.1 Å². The molecular weight excluding hydrogens is 224 g/mol. The maximum absolute atomic E-state index is 10.7. The van der Waals surface area contributed by atoms with E-state index in [0.29, 0.717) is 17.8 Å². The Bertz CT molecular complexity index is 459. The number of hydrogen-bond acceptors (Lipinski definition) is 5. The third-order valence-corrected chi connectivity index (χ3v) is 2.46. The van der Waals surface area contributed by atoms with Crippen LogP contribution in [0.4, 0.5) is 11.4 Å². The summed E-state index contributed by atoms with van der Waals surface area (Å²) in [5, 5.41) is 22.2. The lowest BCUT2D eigenvalue weighted by Crippen LogP contribution is -2.22. The molecule has 0 bridgehead atoms. The molecule has 17 heavy (non-hydrogen) atoms.